The molecule has 0 aromatic heterocycles. The largest absolute Gasteiger partial charge is 0.495 e. The van der Waals surface area contributed by atoms with Crippen molar-refractivity contribution in [2.45, 2.75) is 38.1 Å². The van der Waals surface area contributed by atoms with Gasteiger partial charge in [-0.25, -0.2) is 4.79 Å². The van der Waals surface area contributed by atoms with Gasteiger partial charge >= 0.3 is 6.03 Å². The maximum absolute atomic E-state index is 11.0. The molecule has 0 unspecified atom stereocenters. The van der Waals surface area contributed by atoms with Crippen LogP contribution in [0.1, 0.15) is 32.1 Å². The number of nitrogens with two attached hydrogens (primary N) is 1. The first-order valence-electron chi connectivity index (χ1n) is 10.0. The highest BCUT2D eigenvalue weighted by Gasteiger charge is 2.24. The van der Waals surface area contributed by atoms with Gasteiger partial charge in [0.25, 0.3) is 0 Å². The number of halogens is 2. The fourth-order valence-electron chi connectivity index (χ4n) is 4.30. The van der Waals surface area contributed by atoms with Crippen LogP contribution >= 0.6 is 23.2 Å². The summed E-state index contributed by atoms with van der Waals surface area (Å²) >= 11 is 12.7. The van der Waals surface area contributed by atoms with E-state index in [1.165, 1.54) is 19.3 Å². The number of benzene rings is 1. The summed E-state index contributed by atoms with van der Waals surface area (Å²) in [5, 5.41) is 3.88. The van der Waals surface area contributed by atoms with Crippen LogP contribution in [0.3, 0.4) is 0 Å². The van der Waals surface area contributed by atoms with Crippen molar-refractivity contribution in [1.29, 1.82) is 0 Å². The highest BCUT2D eigenvalue weighted by atomic mass is 35.5. The molecule has 3 N–H and O–H groups in total. The number of anilines is 1. The molecule has 1 aromatic carbocycles. The van der Waals surface area contributed by atoms with Crippen molar-refractivity contribution in [2.75, 3.05) is 44.7 Å². The Bertz CT molecular complexity index is 672. The first-order valence-corrected chi connectivity index (χ1v) is 10.8. The van der Waals surface area contributed by atoms with Crippen molar-refractivity contribution < 1.29 is 9.53 Å². The minimum absolute atomic E-state index is 0.262. The standard InChI is InChI=1S/C20H30Cl2N4O2/c1-28-17-7-6-16(18(21)19(17)22)26-12-10-25(11-13-26)9-8-14-2-4-15(5-3-14)24-20(23)27/h6-7,14-15H,2-5,8-13H2,1H3,(H3,23,24,27). The molecule has 1 aliphatic heterocycles. The highest BCUT2D eigenvalue weighted by Crippen LogP contribution is 2.39. The molecule has 8 heteroatoms. The summed E-state index contributed by atoms with van der Waals surface area (Å²) in [5.74, 6) is 1.36. The molecule has 1 saturated carbocycles. The Labute approximate surface area is 177 Å². The molecule has 0 radical (unpaired) electrons. The number of amides is 2. The second kappa shape index (κ2) is 9.90. The number of piperazine rings is 1. The van der Waals surface area contributed by atoms with Crippen molar-refractivity contribution in [2.24, 2.45) is 11.7 Å². The van der Waals surface area contributed by atoms with Gasteiger partial charge in [0.05, 0.1) is 17.8 Å². The molecule has 1 aliphatic carbocycles. The van der Waals surface area contributed by atoms with E-state index in [1.54, 1.807) is 7.11 Å². The summed E-state index contributed by atoms with van der Waals surface area (Å²) in [6, 6.07) is 3.72. The van der Waals surface area contributed by atoms with Crippen molar-refractivity contribution in [3.63, 3.8) is 0 Å². The number of methoxy groups -OCH3 is 1. The molecule has 2 aliphatic rings. The minimum Gasteiger partial charge on any atom is -0.495 e. The molecule has 3 rings (SSSR count). The van der Waals surface area contributed by atoms with Crippen LogP contribution in [0, 0.1) is 5.92 Å². The van der Waals surface area contributed by atoms with Crippen molar-refractivity contribution >= 4 is 34.9 Å². The van der Waals surface area contributed by atoms with Crippen LogP contribution in [-0.2, 0) is 0 Å². The fourth-order valence-corrected chi connectivity index (χ4v) is 4.81. The zero-order chi connectivity index (χ0) is 20.1. The van der Waals surface area contributed by atoms with Gasteiger partial charge in [-0.15, -0.1) is 0 Å². The minimum atomic E-state index is -0.403. The Balaban J connectivity index is 1.42. The van der Waals surface area contributed by atoms with Gasteiger partial charge in [0.1, 0.15) is 10.8 Å². The molecular formula is C20H30Cl2N4O2. The average Bonchev–Trinajstić information content (AvgIpc) is 2.70. The number of hydrogen-bond donors (Lipinski definition) is 2. The number of hydrogen-bond acceptors (Lipinski definition) is 4. The molecule has 156 valence electrons. The second-order valence-corrected chi connectivity index (χ2v) is 8.51. The molecule has 0 spiro atoms. The number of urea groups is 1. The smallest absolute Gasteiger partial charge is 0.312 e. The van der Waals surface area contributed by atoms with E-state index >= 15 is 0 Å². The summed E-state index contributed by atoms with van der Waals surface area (Å²) in [6.45, 7) is 5.07. The van der Waals surface area contributed by atoms with Crippen molar-refractivity contribution in [1.82, 2.24) is 10.2 Å². The SMILES string of the molecule is COc1ccc(N2CCN(CCC3CCC(NC(N)=O)CC3)CC2)c(Cl)c1Cl. The van der Waals surface area contributed by atoms with Gasteiger partial charge in [-0.05, 0) is 56.7 Å². The van der Waals surface area contributed by atoms with Gasteiger partial charge in [-0.3, -0.25) is 4.90 Å². The third-order valence-corrected chi connectivity index (χ3v) is 6.86. The second-order valence-electron chi connectivity index (χ2n) is 7.76. The summed E-state index contributed by atoms with van der Waals surface area (Å²) in [5.41, 5.74) is 6.20. The molecule has 0 atom stereocenters. The van der Waals surface area contributed by atoms with E-state index in [0.29, 0.717) is 15.8 Å². The quantitative estimate of drug-likeness (QED) is 0.723. The van der Waals surface area contributed by atoms with Crippen LogP contribution in [0.25, 0.3) is 0 Å². The number of nitrogens with one attached hydrogen (secondary N) is 1. The van der Waals surface area contributed by atoms with E-state index in [0.717, 1.165) is 57.2 Å². The number of carbonyl (C=O) groups is 1. The third kappa shape index (κ3) is 5.37. The van der Waals surface area contributed by atoms with Gasteiger partial charge < -0.3 is 20.7 Å². The number of nitrogens with zero attached hydrogens (tertiary/aromatic N) is 2. The van der Waals surface area contributed by atoms with Crippen LogP contribution < -0.4 is 20.7 Å². The summed E-state index contributed by atoms with van der Waals surface area (Å²) in [7, 11) is 1.59. The number of rotatable bonds is 6. The van der Waals surface area contributed by atoms with Crippen molar-refractivity contribution in [3.05, 3.63) is 22.2 Å². The summed E-state index contributed by atoms with van der Waals surface area (Å²) in [4.78, 5) is 15.8. The Morgan fingerprint density at radius 1 is 1.14 bits per heavy atom. The van der Waals surface area contributed by atoms with Gasteiger partial charge in [-0.2, -0.15) is 0 Å². The fraction of sp³-hybridized carbons (Fsp3) is 0.650. The molecule has 1 heterocycles. The Morgan fingerprint density at radius 3 is 2.43 bits per heavy atom. The molecule has 6 nitrogen and oxygen atoms in total. The van der Waals surface area contributed by atoms with Crippen LogP contribution in [0.15, 0.2) is 12.1 Å². The Hall–Kier alpha value is -1.37. The lowest BCUT2D eigenvalue weighted by Crippen LogP contribution is -2.47. The molecular weight excluding hydrogens is 399 g/mol. The topological polar surface area (TPSA) is 70.8 Å². The first-order chi connectivity index (χ1) is 13.5. The van der Waals surface area contributed by atoms with Gasteiger partial charge in [0.15, 0.2) is 0 Å². The Morgan fingerprint density at radius 2 is 1.82 bits per heavy atom. The van der Waals surface area contributed by atoms with E-state index < -0.39 is 6.03 Å². The van der Waals surface area contributed by atoms with Crippen LogP contribution in [0.5, 0.6) is 5.75 Å². The van der Waals surface area contributed by atoms with E-state index in [4.69, 9.17) is 33.7 Å². The zero-order valence-corrected chi connectivity index (χ0v) is 17.9. The molecule has 0 bridgehead atoms. The average molecular weight is 429 g/mol. The zero-order valence-electron chi connectivity index (χ0n) is 16.4. The van der Waals surface area contributed by atoms with Crippen LogP contribution in [0.4, 0.5) is 10.5 Å². The van der Waals surface area contributed by atoms with E-state index in [1.807, 2.05) is 12.1 Å². The van der Waals surface area contributed by atoms with Crippen LogP contribution in [-0.4, -0.2) is 56.8 Å². The monoisotopic (exact) mass is 428 g/mol. The number of carbonyl (C=O) groups excluding carboxylic acids is 1. The lowest BCUT2D eigenvalue weighted by atomic mass is 9.84. The number of ether oxygens (including phenoxy) is 1. The summed E-state index contributed by atoms with van der Waals surface area (Å²) in [6.07, 6.45) is 5.64. The molecule has 2 amide bonds. The number of primary amides is 1. The van der Waals surface area contributed by atoms with E-state index in [9.17, 15) is 4.79 Å². The summed E-state index contributed by atoms with van der Waals surface area (Å²) < 4.78 is 5.23. The van der Waals surface area contributed by atoms with Crippen molar-refractivity contribution in [3.8, 4) is 5.75 Å². The predicted octanol–water partition coefficient (Wildman–Crippen LogP) is 3.74. The van der Waals surface area contributed by atoms with Gasteiger partial charge in [-0.1, -0.05) is 23.2 Å². The predicted molar refractivity (Wildman–Crippen MR) is 115 cm³/mol. The maximum Gasteiger partial charge on any atom is 0.312 e. The van der Waals surface area contributed by atoms with Gasteiger partial charge in [0.2, 0.25) is 0 Å². The molecule has 2 fully saturated rings. The molecule has 1 saturated heterocycles. The molecule has 1 aromatic rings. The highest BCUT2D eigenvalue weighted by molar-refractivity contribution is 6.44. The third-order valence-electron chi connectivity index (χ3n) is 6.01. The van der Waals surface area contributed by atoms with E-state index in [2.05, 4.69) is 15.1 Å². The van der Waals surface area contributed by atoms with Crippen LogP contribution in [0.2, 0.25) is 10.0 Å². The first kappa shape index (κ1) is 21.3. The normalized spacial score (nSPS) is 23.5. The van der Waals surface area contributed by atoms with Gasteiger partial charge in [0, 0.05) is 32.2 Å². The molecule has 28 heavy (non-hydrogen) atoms. The lowest BCUT2D eigenvalue weighted by molar-refractivity contribution is 0.207. The maximum atomic E-state index is 11.0. The van der Waals surface area contributed by atoms with E-state index in [-0.39, 0.29) is 6.04 Å². The lowest BCUT2D eigenvalue weighted by Gasteiger charge is -2.37. The Kier molecular flexibility index (Phi) is 7.55.